The number of pyridine rings is 1. The van der Waals surface area contributed by atoms with E-state index in [-0.39, 0.29) is 11.8 Å². The summed E-state index contributed by atoms with van der Waals surface area (Å²) in [6, 6.07) is 5.92. The van der Waals surface area contributed by atoms with Crippen LogP contribution in [0.1, 0.15) is 19.8 Å². The molecule has 6 heteroatoms. The Morgan fingerprint density at radius 3 is 2.82 bits per heavy atom. The maximum Gasteiger partial charge on any atom is 0.227 e. The van der Waals surface area contributed by atoms with Gasteiger partial charge in [-0.15, -0.1) is 0 Å². The highest BCUT2D eigenvalue weighted by Crippen LogP contribution is 2.22. The maximum atomic E-state index is 12.3. The van der Waals surface area contributed by atoms with Gasteiger partial charge < -0.3 is 10.2 Å². The summed E-state index contributed by atoms with van der Waals surface area (Å²) in [5.74, 6) is 1.15. The van der Waals surface area contributed by atoms with Gasteiger partial charge in [-0.25, -0.2) is 4.98 Å². The van der Waals surface area contributed by atoms with Gasteiger partial charge in [0.15, 0.2) is 0 Å². The van der Waals surface area contributed by atoms with Crippen molar-refractivity contribution in [1.29, 1.82) is 0 Å². The Morgan fingerprint density at radius 2 is 2.18 bits per heavy atom. The third-order valence-corrected chi connectivity index (χ3v) is 4.06. The van der Waals surface area contributed by atoms with Crippen LogP contribution in [-0.2, 0) is 11.3 Å². The Hall–Kier alpha value is -2.37. The van der Waals surface area contributed by atoms with Gasteiger partial charge in [-0.1, -0.05) is 6.07 Å². The molecular weight excluding hydrogens is 278 g/mol. The van der Waals surface area contributed by atoms with Crippen LogP contribution in [0, 0.1) is 5.92 Å². The van der Waals surface area contributed by atoms with Crippen LogP contribution in [0.4, 0.5) is 11.5 Å². The molecule has 0 spiro atoms. The Kier molecular flexibility index (Phi) is 4.37. The maximum absolute atomic E-state index is 12.3. The molecule has 116 valence electrons. The molecule has 1 amide bonds. The van der Waals surface area contributed by atoms with Crippen LogP contribution < -0.4 is 10.2 Å². The number of nitrogens with one attached hydrogen (secondary N) is 1. The van der Waals surface area contributed by atoms with Gasteiger partial charge in [-0.3, -0.25) is 9.48 Å². The number of aromatic nitrogens is 3. The number of anilines is 2. The highest BCUT2D eigenvalue weighted by Gasteiger charge is 2.25. The van der Waals surface area contributed by atoms with Crippen LogP contribution in [0.25, 0.3) is 0 Å². The molecule has 2 aromatic heterocycles. The third kappa shape index (κ3) is 3.27. The molecule has 1 fully saturated rings. The molecule has 2 aromatic rings. The highest BCUT2D eigenvalue weighted by molar-refractivity contribution is 5.92. The average Bonchev–Trinajstić information content (AvgIpc) is 3.03. The number of aryl methyl sites for hydroxylation is 1. The van der Waals surface area contributed by atoms with Crippen molar-refractivity contribution in [1.82, 2.24) is 14.8 Å². The summed E-state index contributed by atoms with van der Waals surface area (Å²) in [5, 5.41) is 7.13. The van der Waals surface area contributed by atoms with E-state index in [4.69, 9.17) is 0 Å². The first-order valence-electron chi connectivity index (χ1n) is 7.75. The molecule has 0 radical (unpaired) electrons. The topological polar surface area (TPSA) is 63.1 Å². The Labute approximate surface area is 130 Å². The minimum Gasteiger partial charge on any atom is -0.357 e. The van der Waals surface area contributed by atoms with Gasteiger partial charge in [-0.2, -0.15) is 5.10 Å². The molecule has 22 heavy (non-hydrogen) atoms. The molecule has 1 aliphatic rings. The molecule has 1 saturated heterocycles. The van der Waals surface area contributed by atoms with E-state index in [1.54, 1.807) is 17.1 Å². The second-order valence-corrected chi connectivity index (χ2v) is 5.52. The molecular formula is C16H21N5O. The molecule has 0 unspecified atom stereocenters. The van der Waals surface area contributed by atoms with Crippen molar-refractivity contribution in [3.05, 3.63) is 36.8 Å². The van der Waals surface area contributed by atoms with Crippen molar-refractivity contribution in [2.45, 2.75) is 26.3 Å². The molecule has 0 aliphatic carbocycles. The first kappa shape index (κ1) is 14.6. The number of nitrogens with zero attached hydrogens (tertiary/aromatic N) is 4. The van der Waals surface area contributed by atoms with Crippen molar-refractivity contribution in [3.63, 3.8) is 0 Å². The van der Waals surface area contributed by atoms with Crippen LogP contribution in [-0.4, -0.2) is 33.8 Å². The minimum atomic E-state index is 0.0601. The Balaban J connectivity index is 1.53. The second kappa shape index (κ2) is 6.60. The third-order valence-electron chi connectivity index (χ3n) is 4.06. The fourth-order valence-corrected chi connectivity index (χ4v) is 2.76. The Bertz CT molecular complexity index is 616. The molecule has 1 N–H and O–H groups in total. The summed E-state index contributed by atoms with van der Waals surface area (Å²) < 4.78 is 1.80. The van der Waals surface area contributed by atoms with E-state index >= 15 is 0 Å². The molecule has 0 saturated carbocycles. The SMILES string of the molecule is CCn1cc(NC(=O)C2CCN(c3ccccn3)CC2)cn1. The number of hydrogen-bond donors (Lipinski definition) is 1. The molecule has 6 nitrogen and oxygen atoms in total. The lowest BCUT2D eigenvalue weighted by atomic mass is 9.96. The van der Waals surface area contributed by atoms with Crippen molar-refractivity contribution in [3.8, 4) is 0 Å². The highest BCUT2D eigenvalue weighted by atomic mass is 16.1. The zero-order valence-electron chi connectivity index (χ0n) is 12.8. The van der Waals surface area contributed by atoms with Crippen LogP contribution in [0.2, 0.25) is 0 Å². The van der Waals surface area contributed by atoms with E-state index in [1.165, 1.54) is 0 Å². The number of carbonyl (C=O) groups is 1. The van der Waals surface area contributed by atoms with E-state index in [2.05, 4.69) is 20.3 Å². The standard InChI is InChI=1S/C16H21N5O/c1-2-21-12-14(11-18-21)19-16(22)13-6-9-20(10-7-13)15-5-3-4-8-17-15/h3-5,8,11-13H,2,6-7,9-10H2,1H3,(H,19,22). The monoisotopic (exact) mass is 299 g/mol. The zero-order valence-corrected chi connectivity index (χ0v) is 12.8. The number of hydrogen-bond acceptors (Lipinski definition) is 4. The summed E-state index contributed by atoms with van der Waals surface area (Å²) in [7, 11) is 0. The van der Waals surface area contributed by atoms with Gasteiger partial charge in [0.25, 0.3) is 0 Å². The lowest BCUT2D eigenvalue weighted by Gasteiger charge is -2.32. The number of carbonyl (C=O) groups excluding carboxylic acids is 1. The summed E-state index contributed by atoms with van der Waals surface area (Å²) in [6.07, 6.45) is 7.07. The summed E-state index contributed by atoms with van der Waals surface area (Å²) >= 11 is 0. The van der Waals surface area contributed by atoms with E-state index in [9.17, 15) is 4.79 Å². The van der Waals surface area contributed by atoms with E-state index in [0.29, 0.717) is 0 Å². The first-order valence-corrected chi connectivity index (χ1v) is 7.75. The largest absolute Gasteiger partial charge is 0.357 e. The summed E-state index contributed by atoms with van der Waals surface area (Å²) in [5.41, 5.74) is 0.777. The normalized spacial score (nSPS) is 15.8. The van der Waals surface area contributed by atoms with Gasteiger partial charge in [-0.05, 0) is 31.9 Å². The first-order chi connectivity index (χ1) is 10.8. The fraction of sp³-hybridized carbons (Fsp3) is 0.438. The van der Waals surface area contributed by atoms with E-state index in [1.807, 2.05) is 31.3 Å². The fourth-order valence-electron chi connectivity index (χ4n) is 2.76. The molecule has 3 rings (SSSR count). The second-order valence-electron chi connectivity index (χ2n) is 5.52. The van der Waals surface area contributed by atoms with Crippen molar-refractivity contribution >= 4 is 17.4 Å². The molecule has 0 aromatic carbocycles. The average molecular weight is 299 g/mol. The minimum absolute atomic E-state index is 0.0601. The van der Waals surface area contributed by atoms with Crippen LogP contribution >= 0.6 is 0 Å². The van der Waals surface area contributed by atoms with Crippen LogP contribution in [0.15, 0.2) is 36.8 Å². The smallest absolute Gasteiger partial charge is 0.227 e. The van der Waals surface area contributed by atoms with Gasteiger partial charge in [0.2, 0.25) is 5.91 Å². The molecule has 1 aliphatic heterocycles. The van der Waals surface area contributed by atoms with Crippen LogP contribution in [0.3, 0.4) is 0 Å². The van der Waals surface area contributed by atoms with Gasteiger partial charge >= 0.3 is 0 Å². The quantitative estimate of drug-likeness (QED) is 0.939. The Morgan fingerprint density at radius 1 is 1.36 bits per heavy atom. The number of piperidine rings is 1. The van der Waals surface area contributed by atoms with Crippen molar-refractivity contribution in [2.75, 3.05) is 23.3 Å². The lowest BCUT2D eigenvalue weighted by molar-refractivity contribution is -0.120. The van der Waals surface area contributed by atoms with Gasteiger partial charge in [0, 0.05) is 37.9 Å². The zero-order chi connectivity index (χ0) is 15.4. The predicted molar refractivity (Wildman–Crippen MR) is 85.7 cm³/mol. The number of rotatable bonds is 4. The molecule has 3 heterocycles. The van der Waals surface area contributed by atoms with Gasteiger partial charge in [0.1, 0.15) is 5.82 Å². The molecule has 0 bridgehead atoms. The predicted octanol–water partition coefficient (Wildman–Crippen LogP) is 2.15. The van der Waals surface area contributed by atoms with Gasteiger partial charge in [0.05, 0.1) is 11.9 Å². The number of amides is 1. The van der Waals surface area contributed by atoms with Crippen molar-refractivity contribution < 1.29 is 4.79 Å². The lowest BCUT2D eigenvalue weighted by Crippen LogP contribution is -2.38. The molecule has 0 atom stereocenters. The van der Waals surface area contributed by atoms with E-state index < -0.39 is 0 Å². The van der Waals surface area contributed by atoms with Crippen molar-refractivity contribution in [2.24, 2.45) is 5.92 Å². The van der Waals surface area contributed by atoms with Crippen LogP contribution in [0.5, 0.6) is 0 Å². The van der Waals surface area contributed by atoms with E-state index in [0.717, 1.165) is 44.0 Å². The summed E-state index contributed by atoms with van der Waals surface area (Å²) in [4.78, 5) is 18.9. The summed E-state index contributed by atoms with van der Waals surface area (Å²) in [6.45, 7) is 4.55.